The molecule has 1 N–H and O–H groups in total. The van der Waals surface area contributed by atoms with Crippen molar-refractivity contribution in [1.29, 1.82) is 0 Å². The predicted octanol–water partition coefficient (Wildman–Crippen LogP) is 3.04. The first-order valence-electron chi connectivity index (χ1n) is 6.49. The van der Waals surface area contributed by atoms with Gasteiger partial charge >= 0.3 is 0 Å². The van der Waals surface area contributed by atoms with E-state index < -0.39 is 0 Å². The van der Waals surface area contributed by atoms with Crippen LogP contribution in [0, 0.1) is 5.82 Å². The number of benzene rings is 1. The molecular formula is C14H23FN2. The van der Waals surface area contributed by atoms with Gasteiger partial charge in [0, 0.05) is 18.8 Å². The third kappa shape index (κ3) is 5.18. The molecule has 0 atom stereocenters. The van der Waals surface area contributed by atoms with E-state index in [2.05, 4.69) is 24.1 Å². The topological polar surface area (TPSA) is 15.3 Å². The second-order valence-corrected chi connectivity index (χ2v) is 4.12. The maximum atomic E-state index is 12.8. The van der Waals surface area contributed by atoms with Gasteiger partial charge in [0.1, 0.15) is 5.82 Å². The number of rotatable bonds is 8. The third-order valence-electron chi connectivity index (χ3n) is 2.86. The van der Waals surface area contributed by atoms with Crippen molar-refractivity contribution >= 4 is 5.69 Å². The third-order valence-corrected chi connectivity index (χ3v) is 2.86. The first-order chi connectivity index (χ1) is 8.27. The van der Waals surface area contributed by atoms with Crippen LogP contribution >= 0.6 is 0 Å². The highest BCUT2D eigenvalue weighted by Gasteiger charge is 2.03. The quantitative estimate of drug-likeness (QED) is 0.700. The van der Waals surface area contributed by atoms with Crippen molar-refractivity contribution in [2.45, 2.75) is 26.7 Å². The highest BCUT2D eigenvalue weighted by molar-refractivity contribution is 5.45. The van der Waals surface area contributed by atoms with Crippen LogP contribution in [0.5, 0.6) is 0 Å². The minimum atomic E-state index is -0.169. The van der Waals surface area contributed by atoms with Crippen LogP contribution in [-0.4, -0.2) is 26.2 Å². The van der Waals surface area contributed by atoms with E-state index in [0.29, 0.717) is 0 Å². The molecule has 0 aliphatic carbocycles. The molecule has 2 nitrogen and oxygen atoms in total. The maximum Gasteiger partial charge on any atom is 0.123 e. The van der Waals surface area contributed by atoms with Crippen LogP contribution in [0.2, 0.25) is 0 Å². The smallest absolute Gasteiger partial charge is 0.123 e. The second kappa shape index (κ2) is 8.07. The van der Waals surface area contributed by atoms with Gasteiger partial charge in [-0.15, -0.1) is 0 Å². The lowest BCUT2D eigenvalue weighted by molar-refractivity contribution is 0.623. The monoisotopic (exact) mass is 238 g/mol. The summed E-state index contributed by atoms with van der Waals surface area (Å²) in [5, 5.41) is 3.32. The van der Waals surface area contributed by atoms with Gasteiger partial charge in [-0.1, -0.05) is 6.92 Å². The van der Waals surface area contributed by atoms with Gasteiger partial charge < -0.3 is 10.2 Å². The molecule has 0 unspecified atom stereocenters. The standard InChI is InChI=1S/C14H23FN2/c1-3-16-11-5-6-12-17(4-2)14-9-7-13(15)8-10-14/h7-10,16H,3-6,11-12H2,1-2H3. The number of halogens is 1. The van der Waals surface area contributed by atoms with Crippen LogP contribution < -0.4 is 10.2 Å². The Labute approximate surface area is 104 Å². The number of nitrogens with zero attached hydrogens (tertiary/aromatic N) is 1. The van der Waals surface area contributed by atoms with E-state index in [0.717, 1.165) is 38.3 Å². The summed E-state index contributed by atoms with van der Waals surface area (Å²) in [5.74, 6) is -0.169. The molecule has 0 spiro atoms. The Morgan fingerprint density at radius 1 is 1.12 bits per heavy atom. The first kappa shape index (κ1) is 14.0. The van der Waals surface area contributed by atoms with Gasteiger partial charge in [-0.25, -0.2) is 4.39 Å². The Morgan fingerprint density at radius 2 is 1.82 bits per heavy atom. The lowest BCUT2D eigenvalue weighted by atomic mass is 10.2. The van der Waals surface area contributed by atoms with Crippen molar-refractivity contribution in [1.82, 2.24) is 5.32 Å². The average Bonchev–Trinajstić information content (AvgIpc) is 2.35. The molecule has 1 rings (SSSR count). The van der Waals surface area contributed by atoms with Gasteiger partial charge in [-0.2, -0.15) is 0 Å². The minimum Gasteiger partial charge on any atom is -0.372 e. The number of hydrogen-bond donors (Lipinski definition) is 1. The Hall–Kier alpha value is -1.09. The summed E-state index contributed by atoms with van der Waals surface area (Å²) in [4.78, 5) is 2.28. The lowest BCUT2D eigenvalue weighted by Crippen LogP contribution is -2.25. The number of nitrogens with one attached hydrogen (secondary N) is 1. The minimum absolute atomic E-state index is 0.169. The molecule has 0 fully saturated rings. The Bertz CT molecular complexity index is 298. The first-order valence-corrected chi connectivity index (χ1v) is 6.49. The Kier molecular flexibility index (Phi) is 6.63. The average molecular weight is 238 g/mol. The SMILES string of the molecule is CCNCCCCN(CC)c1ccc(F)cc1. The van der Waals surface area contributed by atoms with Crippen molar-refractivity contribution in [3.63, 3.8) is 0 Å². The number of anilines is 1. The predicted molar refractivity (Wildman–Crippen MR) is 72.1 cm³/mol. The highest BCUT2D eigenvalue weighted by atomic mass is 19.1. The van der Waals surface area contributed by atoms with Crippen molar-refractivity contribution in [2.75, 3.05) is 31.1 Å². The van der Waals surface area contributed by atoms with Gasteiger partial charge in [-0.3, -0.25) is 0 Å². The van der Waals surface area contributed by atoms with E-state index in [1.807, 2.05) is 12.1 Å². The normalized spacial score (nSPS) is 10.5. The summed E-state index contributed by atoms with van der Waals surface area (Å²) < 4.78 is 12.8. The van der Waals surface area contributed by atoms with Gasteiger partial charge in [0.2, 0.25) is 0 Å². The second-order valence-electron chi connectivity index (χ2n) is 4.12. The zero-order valence-corrected chi connectivity index (χ0v) is 10.9. The van der Waals surface area contributed by atoms with Crippen molar-refractivity contribution in [3.8, 4) is 0 Å². The van der Waals surface area contributed by atoms with E-state index in [9.17, 15) is 4.39 Å². The number of hydrogen-bond acceptors (Lipinski definition) is 2. The molecule has 0 bridgehead atoms. The zero-order valence-electron chi connectivity index (χ0n) is 10.9. The van der Waals surface area contributed by atoms with Crippen LogP contribution in [0.1, 0.15) is 26.7 Å². The summed E-state index contributed by atoms with van der Waals surface area (Å²) in [7, 11) is 0. The van der Waals surface area contributed by atoms with E-state index in [1.54, 1.807) is 0 Å². The summed E-state index contributed by atoms with van der Waals surface area (Å²) in [6, 6.07) is 6.75. The van der Waals surface area contributed by atoms with Crippen LogP contribution in [0.4, 0.5) is 10.1 Å². The van der Waals surface area contributed by atoms with Gasteiger partial charge in [0.05, 0.1) is 0 Å². The Morgan fingerprint density at radius 3 is 2.41 bits per heavy atom. The summed E-state index contributed by atoms with van der Waals surface area (Å²) in [6.07, 6.45) is 2.35. The molecular weight excluding hydrogens is 215 g/mol. The van der Waals surface area contributed by atoms with E-state index in [4.69, 9.17) is 0 Å². The molecule has 3 heteroatoms. The molecule has 1 aromatic carbocycles. The molecule has 1 aromatic rings. The van der Waals surface area contributed by atoms with E-state index in [1.165, 1.54) is 18.6 Å². The van der Waals surface area contributed by atoms with Gasteiger partial charge in [0.25, 0.3) is 0 Å². The number of unbranched alkanes of at least 4 members (excludes halogenated alkanes) is 1. The fourth-order valence-corrected chi connectivity index (χ4v) is 1.85. The fourth-order valence-electron chi connectivity index (χ4n) is 1.85. The summed E-state index contributed by atoms with van der Waals surface area (Å²) in [5.41, 5.74) is 1.11. The van der Waals surface area contributed by atoms with Crippen LogP contribution in [0.25, 0.3) is 0 Å². The van der Waals surface area contributed by atoms with Gasteiger partial charge in [0.15, 0.2) is 0 Å². The highest BCUT2D eigenvalue weighted by Crippen LogP contribution is 2.15. The Balaban J connectivity index is 2.35. The molecule has 0 amide bonds. The molecule has 0 aliphatic heterocycles. The summed E-state index contributed by atoms with van der Waals surface area (Å²) in [6.45, 7) is 8.37. The van der Waals surface area contributed by atoms with Crippen LogP contribution in [-0.2, 0) is 0 Å². The molecule has 0 aliphatic rings. The van der Waals surface area contributed by atoms with E-state index >= 15 is 0 Å². The van der Waals surface area contributed by atoms with Crippen molar-refractivity contribution < 1.29 is 4.39 Å². The zero-order chi connectivity index (χ0) is 12.5. The molecule has 0 aromatic heterocycles. The summed E-state index contributed by atoms with van der Waals surface area (Å²) >= 11 is 0. The van der Waals surface area contributed by atoms with Crippen LogP contribution in [0.3, 0.4) is 0 Å². The molecule has 0 saturated heterocycles. The molecule has 0 heterocycles. The lowest BCUT2D eigenvalue weighted by Gasteiger charge is -2.23. The molecule has 0 saturated carbocycles. The van der Waals surface area contributed by atoms with E-state index in [-0.39, 0.29) is 5.82 Å². The maximum absolute atomic E-state index is 12.8. The van der Waals surface area contributed by atoms with Crippen molar-refractivity contribution in [3.05, 3.63) is 30.1 Å². The molecule has 96 valence electrons. The molecule has 17 heavy (non-hydrogen) atoms. The molecule has 0 radical (unpaired) electrons. The van der Waals surface area contributed by atoms with Gasteiger partial charge in [-0.05, 0) is 57.1 Å². The van der Waals surface area contributed by atoms with Crippen LogP contribution in [0.15, 0.2) is 24.3 Å². The fraction of sp³-hybridized carbons (Fsp3) is 0.571. The van der Waals surface area contributed by atoms with Crippen molar-refractivity contribution in [2.24, 2.45) is 0 Å². The largest absolute Gasteiger partial charge is 0.372 e.